The molecule has 0 radical (unpaired) electrons. The standard InChI is InChI=1S/C48H32/c1-2-13-32(14-3-1)33-15-12-28-48(31-33,34-24-26-44-40-20-6-4-16-36(40)38-18-8-10-22-42(38)46(44)29-34)35-25-27-45-41-21-7-5-17-37(41)39-19-9-11-23-43(39)47(45)30-35/h1-30H,31H2. The molecule has 0 saturated carbocycles. The van der Waals surface area contributed by atoms with Crippen molar-refractivity contribution in [2.75, 3.05) is 0 Å². The van der Waals surface area contributed by atoms with Gasteiger partial charge >= 0.3 is 0 Å². The molecule has 9 aromatic rings. The summed E-state index contributed by atoms with van der Waals surface area (Å²) in [4.78, 5) is 0. The molecule has 0 spiro atoms. The second kappa shape index (κ2) is 10.5. The lowest BCUT2D eigenvalue weighted by molar-refractivity contribution is 0.660. The molecule has 1 aliphatic carbocycles. The molecule has 0 N–H and O–H groups in total. The molecule has 0 saturated heterocycles. The molecule has 0 bridgehead atoms. The lowest BCUT2D eigenvalue weighted by Gasteiger charge is -2.36. The first-order valence-corrected chi connectivity index (χ1v) is 16.9. The first-order chi connectivity index (χ1) is 23.8. The van der Waals surface area contributed by atoms with Crippen molar-refractivity contribution in [2.24, 2.45) is 0 Å². The van der Waals surface area contributed by atoms with Gasteiger partial charge in [-0.1, -0.05) is 170 Å². The molecule has 9 aromatic carbocycles. The molecule has 0 unspecified atom stereocenters. The van der Waals surface area contributed by atoms with E-state index in [0.717, 1.165) is 6.42 Å². The second-order valence-electron chi connectivity index (χ2n) is 13.3. The molecule has 0 heteroatoms. The molecule has 0 aromatic heterocycles. The molecule has 224 valence electrons. The first kappa shape index (κ1) is 27.2. The summed E-state index contributed by atoms with van der Waals surface area (Å²) in [6.07, 6.45) is 7.93. The summed E-state index contributed by atoms with van der Waals surface area (Å²) in [5.74, 6) is 0. The highest BCUT2D eigenvalue weighted by Gasteiger charge is 2.35. The van der Waals surface area contributed by atoms with Gasteiger partial charge in [-0.25, -0.2) is 0 Å². The molecule has 48 heavy (non-hydrogen) atoms. The van der Waals surface area contributed by atoms with Gasteiger partial charge in [0.25, 0.3) is 0 Å². The molecule has 0 heterocycles. The molecule has 0 fully saturated rings. The Morgan fingerprint density at radius 3 is 1.10 bits per heavy atom. The van der Waals surface area contributed by atoms with Crippen LogP contribution in [0.1, 0.15) is 23.1 Å². The van der Waals surface area contributed by atoms with Gasteiger partial charge in [0, 0.05) is 5.41 Å². The van der Waals surface area contributed by atoms with E-state index >= 15 is 0 Å². The van der Waals surface area contributed by atoms with Crippen molar-refractivity contribution >= 4 is 70.2 Å². The van der Waals surface area contributed by atoms with Crippen LogP contribution in [0.4, 0.5) is 0 Å². The third-order valence-electron chi connectivity index (χ3n) is 10.8. The highest BCUT2D eigenvalue weighted by molar-refractivity contribution is 6.26. The van der Waals surface area contributed by atoms with Crippen molar-refractivity contribution in [2.45, 2.75) is 11.8 Å². The summed E-state index contributed by atoms with van der Waals surface area (Å²) in [6, 6.07) is 60.9. The van der Waals surface area contributed by atoms with Crippen molar-refractivity contribution in [3.05, 3.63) is 199 Å². The third kappa shape index (κ3) is 3.96. The quantitative estimate of drug-likeness (QED) is 0.175. The lowest BCUT2D eigenvalue weighted by Crippen LogP contribution is -2.27. The Hall–Kier alpha value is -5.98. The van der Waals surface area contributed by atoms with Crippen LogP contribution in [0.2, 0.25) is 0 Å². The zero-order valence-electron chi connectivity index (χ0n) is 26.5. The maximum atomic E-state index is 2.49. The zero-order chi connectivity index (χ0) is 31.7. The average Bonchev–Trinajstić information content (AvgIpc) is 3.18. The number of rotatable bonds is 3. The predicted octanol–water partition coefficient (Wildman–Crippen LogP) is 12.9. The molecular formula is C48H32. The van der Waals surface area contributed by atoms with Crippen LogP contribution in [-0.2, 0) is 5.41 Å². The summed E-state index contributed by atoms with van der Waals surface area (Å²) < 4.78 is 0. The fourth-order valence-electron chi connectivity index (χ4n) is 8.53. The number of benzene rings is 9. The Balaban J connectivity index is 1.28. The van der Waals surface area contributed by atoms with Crippen LogP contribution in [-0.4, -0.2) is 0 Å². The zero-order valence-corrected chi connectivity index (χ0v) is 26.5. The SMILES string of the molecule is C1=CC(c2ccc3c4ccccc4c4ccccc4c3c2)(c2ccc3c4ccccc4c4ccccc4c3c2)CC(c2ccccc2)=C1. The number of allylic oxidation sites excluding steroid dienone is 4. The van der Waals surface area contributed by atoms with E-state index in [1.54, 1.807) is 0 Å². The average molecular weight is 609 g/mol. The van der Waals surface area contributed by atoms with Crippen LogP contribution in [0.5, 0.6) is 0 Å². The van der Waals surface area contributed by atoms with Crippen molar-refractivity contribution in [1.29, 1.82) is 0 Å². The maximum absolute atomic E-state index is 2.49. The van der Waals surface area contributed by atoms with Gasteiger partial charge in [-0.15, -0.1) is 0 Å². The normalized spacial score (nSPS) is 14.4. The highest BCUT2D eigenvalue weighted by Crippen LogP contribution is 2.48. The maximum Gasteiger partial charge on any atom is 0.0425 e. The summed E-state index contributed by atoms with van der Waals surface area (Å²) in [5.41, 5.74) is 4.91. The van der Waals surface area contributed by atoms with E-state index in [1.807, 2.05) is 0 Å². The Morgan fingerprint density at radius 1 is 0.333 bits per heavy atom. The van der Waals surface area contributed by atoms with E-state index in [1.165, 1.54) is 86.9 Å². The monoisotopic (exact) mass is 608 g/mol. The molecule has 10 rings (SSSR count). The van der Waals surface area contributed by atoms with E-state index in [9.17, 15) is 0 Å². The molecule has 0 amide bonds. The minimum absolute atomic E-state index is 0.359. The van der Waals surface area contributed by atoms with E-state index in [4.69, 9.17) is 0 Å². The Morgan fingerprint density at radius 2 is 0.688 bits per heavy atom. The van der Waals surface area contributed by atoms with Gasteiger partial charge in [-0.05, 0) is 105 Å². The van der Waals surface area contributed by atoms with E-state index in [0.29, 0.717) is 0 Å². The van der Waals surface area contributed by atoms with Crippen molar-refractivity contribution in [3.63, 3.8) is 0 Å². The van der Waals surface area contributed by atoms with Crippen LogP contribution >= 0.6 is 0 Å². The second-order valence-corrected chi connectivity index (χ2v) is 13.3. The van der Waals surface area contributed by atoms with Gasteiger partial charge in [0.15, 0.2) is 0 Å². The third-order valence-corrected chi connectivity index (χ3v) is 10.8. The summed E-state index contributed by atoms with van der Waals surface area (Å²) in [5, 5.41) is 15.7. The Labute approximate surface area is 279 Å². The fraction of sp³-hybridized carbons (Fsp3) is 0.0417. The molecule has 0 nitrogen and oxygen atoms in total. The minimum atomic E-state index is -0.359. The van der Waals surface area contributed by atoms with Gasteiger partial charge in [0.05, 0.1) is 0 Å². The number of fused-ring (bicyclic) bond motifs is 12. The number of hydrogen-bond donors (Lipinski definition) is 0. The van der Waals surface area contributed by atoms with Gasteiger partial charge < -0.3 is 0 Å². The van der Waals surface area contributed by atoms with Crippen LogP contribution < -0.4 is 0 Å². The minimum Gasteiger partial charge on any atom is -0.0693 e. The molecular weight excluding hydrogens is 577 g/mol. The van der Waals surface area contributed by atoms with Crippen LogP contribution in [0.15, 0.2) is 182 Å². The molecule has 0 aliphatic heterocycles. The highest BCUT2D eigenvalue weighted by atomic mass is 14.4. The Bertz CT molecular complexity index is 2570. The summed E-state index contributed by atoms with van der Waals surface area (Å²) >= 11 is 0. The predicted molar refractivity (Wildman–Crippen MR) is 207 cm³/mol. The molecule has 0 atom stereocenters. The van der Waals surface area contributed by atoms with Crippen LogP contribution in [0, 0.1) is 0 Å². The van der Waals surface area contributed by atoms with Crippen molar-refractivity contribution < 1.29 is 0 Å². The summed E-state index contributed by atoms with van der Waals surface area (Å²) in [6.45, 7) is 0. The van der Waals surface area contributed by atoms with Gasteiger partial charge in [0.1, 0.15) is 0 Å². The largest absolute Gasteiger partial charge is 0.0693 e. The molecule has 1 aliphatic rings. The smallest absolute Gasteiger partial charge is 0.0425 e. The van der Waals surface area contributed by atoms with E-state index < -0.39 is 0 Å². The van der Waals surface area contributed by atoms with Crippen molar-refractivity contribution in [1.82, 2.24) is 0 Å². The fourth-order valence-corrected chi connectivity index (χ4v) is 8.53. The lowest BCUT2D eigenvalue weighted by atomic mass is 9.67. The first-order valence-electron chi connectivity index (χ1n) is 16.9. The van der Waals surface area contributed by atoms with E-state index in [2.05, 4.69) is 182 Å². The van der Waals surface area contributed by atoms with Gasteiger partial charge in [-0.3, -0.25) is 0 Å². The van der Waals surface area contributed by atoms with Crippen LogP contribution in [0.3, 0.4) is 0 Å². The Kier molecular flexibility index (Phi) is 5.95. The van der Waals surface area contributed by atoms with Gasteiger partial charge in [0.2, 0.25) is 0 Å². The van der Waals surface area contributed by atoms with Gasteiger partial charge in [-0.2, -0.15) is 0 Å². The van der Waals surface area contributed by atoms with Crippen LogP contribution in [0.25, 0.3) is 70.2 Å². The topological polar surface area (TPSA) is 0 Å². The van der Waals surface area contributed by atoms with E-state index in [-0.39, 0.29) is 5.41 Å². The number of hydrogen-bond acceptors (Lipinski definition) is 0. The summed E-state index contributed by atoms with van der Waals surface area (Å²) in [7, 11) is 0. The van der Waals surface area contributed by atoms with Crippen molar-refractivity contribution in [3.8, 4) is 0 Å².